The van der Waals surface area contributed by atoms with Crippen LogP contribution in [0.25, 0.3) is 0 Å². The van der Waals surface area contributed by atoms with Crippen LogP contribution in [0.5, 0.6) is 5.75 Å². The molecule has 21 heavy (non-hydrogen) atoms. The summed E-state index contributed by atoms with van der Waals surface area (Å²) >= 11 is 0. The van der Waals surface area contributed by atoms with E-state index in [1.807, 2.05) is 6.92 Å². The summed E-state index contributed by atoms with van der Waals surface area (Å²) < 4.78 is 5.02. The average Bonchev–Trinajstić information content (AvgIpc) is 2.50. The fraction of sp³-hybridized carbons (Fsp3) is 0.467. The standard InChI is InChI=1S/C15H21NO5/c1-3-11(9-17)16-13(8-14(18)19)15(20)10-4-6-12(21-2)7-5-10/h4-7,11,13,16-17H,3,8-9H2,1-2H3,(H,18,19). The molecule has 0 fully saturated rings. The highest BCUT2D eigenvalue weighted by Gasteiger charge is 2.25. The molecule has 0 spiro atoms. The van der Waals surface area contributed by atoms with Crippen molar-refractivity contribution in [3.05, 3.63) is 29.8 Å². The third kappa shape index (κ3) is 5.17. The number of carbonyl (C=O) groups is 2. The van der Waals surface area contributed by atoms with Crippen LogP contribution in [0, 0.1) is 0 Å². The molecule has 0 heterocycles. The molecule has 0 bridgehead atoms. The molecule has 2 atom stereocenters. The van der Waals surface area contributed by atoms with Gasteiger partial charge in [-0.25, -0.2) is 0 Å². The molecule has 1 aromatic carbocycles. The number of Topliss-reactive ketones (excluding diaryl/α,β-unsaturated/α-hetero) is 1. The Hall–Kier alpha value is -1.92. The number of ketones is 1. The molecule has 3 N–H and O–H groups in total. The monoisotopic (exact) mass is 295 g/mol. The van der Waals surface area contributed by atoms with Crippen LogP contribution in [-0.4, -0.2) is 47.8 Å². The van der Waals surface area contributed by atoms with Gasteiger partial charge in [0, 0.05) is 11.6 Å². The summed E-state index contributed by atoms with van der Waals surface area (Å²) in [4.78, 5) is 23.3. The van der Waals surface area contributed by atoms with Gasteiger partial charge in [-0.2, -0.15) is 0 Å². The molecule has 2 unspecified atom stereocenters. The molecule has 1 rings (SSSR count). The quantitative estimate of drug-likeness (QED) is 0.590. The lowest BCUT2D eigenvalue weighted by Gasteiger charge is -2.21. The van der Waals surface area contributed by atoms with Crippen LogP contribution in [0.4, 0.5) is 0 Å². The Morgan fingerprint density at radius 1 is 1.29 bits per heavy atom. The van der Waals surface area contributed by atoms with E-state index >= 15 is 0 Å². The molecular formula is C15H21NO5. The number of carboxylic acid groups (broad SMARTS) is 1. The van der Waals surface area contributed by atoms with Crippen molar-refractivity contribution in [2.45, 2.75) is 31.8 Å². The van der Waals surface area contributed by atoms with E-state index in [-0.39, 0.29) is 24.9 Å². The van der Waals surface area contributed by atoms with Crippen molar-refractivity contribution in [1.82, 2.24) is 5.32 Å². The number of carbonyl (C=O) groups excluding carboxylic acids is 1. The van der Waals surface area contributed by atoms with Crippen LogP contribution in [0.15, 0.2) is 24.3 Å². The van der Waals surface area contributed by atoms with E-state index in [1.54, 1.807) is 24.3 Å². The Kier molecular flexibility index (Phi) is 6.84. The molecule has 0 saturated carbocycles. The number of hydrogen-bond acceptors (Lipinski definition) is 5. The van der Waals surface area contributed by atoms with Crippen LogP contribution < -0.4 is 10.1 Å². The fourth-order valence-corrected chi connectivity index (χ4v) is 1.94. The van der Waals surface area contributed by atoms with Gasteiger partial charge in [-0.05, 0) is 30.7 Å². The SMILES string of the molecule is CCC(CO)NC(CC(=O)O)C(=O)c1ccc(OC)cc1. The predicted octanol–water partition coefficient (Wildman–Crippen LogP) is 1.08. The molecule has 0 radical (unpaired) electrons. The molecule has 6 heteroatoms. The van der Waals surface area contributed by atoms with E-state index in [0.29, 0.717) is 17.7 Å². The zero-order valence-corrected chi connectivity index (χ0v) is 12.2. The number of hydrogen-bond donors (Lipinski definition) is 3. The largest absolute Gasteiger partial charge is 0.497 e. The van der Waals surface area contributed by atoms with Crippen LogP contribution in [0.3, 0.4) is 0 Å². The van der Waals surface area contributed by atoms with Gasteiger partial charge in [0.15, 0.2) is 5.78 Å². The molecule has 0 aromatic heterocycles. The molecule has 116 valence electrons. The molecule has 1 aromatic rings. The minimum Gasteiger partial charge on any atom is -0.497 e. The summed E-state index contributed by atoms with van der Waals surface area (Å²) in [5.41, 5.74) is 0.405. The van der Waals surface area contributed by atoms with Gasteiger partial charge in [-0.3, -0.25) is 9.59 Å². The first-order valence-corrected chi connectivity index (χ1v) is 6.78. The minimum atomic E-state index is -1.07. The van der Waals surface area contributed by atoms with Gasteiger partial charge < -0.3 is 20.3 Å². The molecule has 0 aliphatic carbocycles. The lowest BCUT2D eigenvalue weighted by molar-refractivity contribution is -0.137. The second-order valence-corrected chi connectivity index (χ2v) is 4.70. The Labute approximate surface area is 123 Å². The van der Waals surface area contributed by atoms with Gasteiger partial charge in [0.05, 0.1) is 26.2 Å². The number of carboxylic acids is 1. The molecule has 0 saturated heterocycles. The van der Waals surface area contributed by atoms with E-state index in [9.17, 15) is 14.7 Å². The van der Waals surface area contributed by atoms with E-state index in [0.717, 1.165) is 0 Å². The lowest BCUT2D eigenvalue weighted by atomic mass is 10.00. The number of methoxy groups -OCH3 is 1. The molecule has 0 aliphatic rings. The molecule has 0 aliphatic heterocycles. The number of rotatable bonds is 9. The first-order chi connectivity index (χ1) is 10.0. The average molecular weight is 295 g/mol. The van der Waals surface area contributed by atoms with Crippen molar-refractivity contribution in [3.8, 4) is 5.75 Å². The van der Waals surface area contributed by atoms with E-state index in [4.69, 9.17) is 9.84 Å². The molecule has 6 nitrogen and oxygen atoms in total. The van der Waals surface area contributed by atoms with Gasteiger partial charge in [0.1, 0.15) is 5.75 Å². The first-order valence-electron chi connectivity index (χ1n) is 6.78. The van der Waals surface area contributed by atoms with Gasteiger partial charge >= 0.3 is 5.97 Å². The number of aliphatic hydroxyl groups excluding tert-OH is 1. The second kappa shape index (κ2) is 8.39. The number of aliphatic carboxylic acids is 1. The summed E-state index contributed by atoms with van der Waals surface area (Å²) in [6.45, 7) is 1.70. The Morgan fingerprint density at radius 3 is 2.33 bits per heavy atom. The van der Waals surface area contributed by atoms with Crippen LogP contribution in [-0.2, 0) is 4.79 Å². The maximum absolute atomic E-state index is 12.4. The first kappa shape index (κ1) is 17.1. The summed E-state index contributed by atoms with van der Waals surface area (Å²) in [6.07, 6.45) is 0.268. The van der Waals surface area contributed by atoms with Crippen LogP contribution in [0.2, 0.25) is 0 Å². The van der Waals surface area contributed by atoms with Crippen LogP contribution in [0.1, 0.15) is 30.1 Å². The zero-order valence-electron chi connectivity index (χ0n) is 12.2. The highest BCUT2D eigenvalue weighted by atomic mass is 16.5. The van der Waals surface area contributed by atoms with Gasteiger partial charge in [0.2, 0.25) is 0 Å². The van der Waals surface area contributed by atoms with E-state index in [2.05, 4.69) is 5.32 Å². The summed E-state index contributed by atoms with van der Waals surface area (Å²) in [5.74, 6) is -0.759. The van der Waals surface area contributed by atoms with Crippen LogP contribution >= 0.6 is 0 Å². The van der Waals surface area contributed by atoms with Gasteiger partial charge in [0.25, 0.3) is 0 Å². The third-order valence-corrected chi connectivity index (χ3v) is 3.22. The van der Waals surface area contributed by atoms with E-state index < -0.39 is 12.0 Å². The summed E-state index contributed by atoms with van der Waals surface area (Å²) in [5, 5.41) is 21.0. The van der Waals surface area contributed by atoms with Gasteiger partial charge in [-0.1, -0.05) is 6.92 Å². The molecular weight excluding hydrogens is 274 g/mol. The maximum atomic E-state index is 12.4. The summed E-state index contributed by atoms with van der Waals surface area (Å²) in [6, 6.07) is 5.31. The van der Waals surface area contributed by atoms with Crippen molar-refractivity contribution in [2.24, 2.45) is 0 Å². The zero-order chi connectivity index (χ0) is 15.8. The van der Waals surface area contributed by atoms with E-state index in [1.165, 1.54) is 7.11 Å². The minimum absolute atomic E-state index is 0.150. The topological polar surface area (TPSA) is 95.9 Å². The maximum Gasteiger partial charge on any atom is 0.305 e. The highest BCUT2D eigenvalue weighted by molar-refractivity contribution is 6.01. The smallest absolute Gasteiger partial charge is 0.305 e. The Balaban J connectivity index is 2.89. The lowest BCUT2D eigenvalue weighted by Crippen LogP contribution is -2.46. The second-order valence-electron chi connectivity index (χ2n) is 4.70. The number of benzene rings is 1. The summed E-state index contributed by atoms with van der Waals surface area (Å²) in [7, 11) is 1.53. The number of ether oxygens (including phenoxy) is 1. The Bertz CT molecular complexity index is 467. The van der Waals surface area contributed by atoms with Crippen molar-refractivity contribution in [2.75, 3.05) is 13.7 Å². The fourth-order valence-electron chi connectivity index (χ4n) is 1.94. The normalized spacial score (nSPS) is 13.5. The molecule has 0 amide bonds. The third-order valence-electron chi connectivity index (χ3n) is 3.22. The van der Waals surface area contributed by atoms with Crippen molar-refractivity contribution < 1.29 is 24.5 Å². The highest BCUT2D eigenvalue weighted by Crippen LogP contribution is 2.14. The van der Waals surface area contributed by atoms with Crippen molar-refractivity contribution >= 4 is 11.8 Å². The number of aliphatic hydroxyl groups is 1. The Morgan fingerprint density at radius 2 is 1.90 bits per heavy atom. The van der Waals surface area contributed by atoms with Crippen molar-refractivity contribution in [3.63, 3.8) is 0 Å². The van der Waals surface area contributed by atoms with Crippen molar-refractivity contribution in [1.29, 1.82) is 0 Å². The predicted molar refractivity (Wildman–Crippen MR) is 77.7 cm³/mol. The number of nitrogens with one attached hydrogen (secondary N) is 1. The van der Waals surface area contributed by atoms with Gasteiger partial charge in [-0.15, -0.1) is 0 Å².